The van der Waals surface area contributed by atoms with E-state index in [0.717, 1.165) is 11.6 Å². The SMILES string of the molecule is COc1ccc(CSc2nnnn2C)cc1C=CC(=O)O. The molecule has 1 aromatic heterocycles. The third-order valence-corrected chi connectivity index (χ3v) is 3.73. The zero-order chi connectivity index (χ0) is 15.2. The number of nitrogens with zero attached hydrogens (tertiary/aromatic N) is 4. The highest BCUT2D eigenvalue weighted by molar-refractivity contribution is 7.98. The number of tetrazole rings is 1. The Bertz CT molecular complexity index is 669. The molecule has 21 heavy (non-hydrogen) atoms. The fourth-order valence-electron chi connectivity index (χ4n) is 1.66. The first-order chi connectivity index (χ1) is 10.1. The normalized spacial score (nSPS) is 11.0. The molecule has 110 valence electrons. The van der Waals surface area contributed by atoms with E-state index in [0.29, 0.717) is 22.2 Å². The number of rotatable bonds is 6. The zero-order valence-corrected chi connectivity index (χ0v) is 12.4. The van der Waals surface area contributed by atoms with Gasteiger partial charge >= 0.3 is 5.97 Å². The van der Waals surface area contributed by atoms with E-state index in [2.05, 4.69) is 15.5 Å². The van der Waals surface area contributed by atoms with Crippen molar-refractivity contribution < 1.29 is 14.6 Å². The van der Waals surface area contributed by atoms with Crippen molar-refractivity contribution in [2.75, 3.05) is 7.11 Å². The van der Waals surface area contributed by atoms with Gasteiger partial charge in [0.25, 0.3) is 0 Å². The number of carbonyl (C=O) groups is 1. The molecular formula is C13H14N4O3S. The average Bonchev–Trinajstić information content (AvgIpc) is 2.88. The van der Waals surface area contributed by atoms with Gasteiger partial charge in [-0.2, -0.15) is 0 Å². The summed E-state index contributed by atoms with van der Waals surface area (Å²) in [4.78, 5) is 10.6. The minimum absolute atomic E-state index is 0.626. The summed E-state index contributed by atoms with van der Waals surface area (Å²) in [7, 11) is 3.32. The summed E-state index contributed by atoms with van der Waals surface area (Å²) in [6, 6.07) is 5.62. The lowest BCUT2D eigenvalue weighted by Crippen LogP contribution is -1.94. The summed E-state index contributed by atoms with van der Waals surface area (Å²) in [5, 5.41) is 20.7. The Morgan fingerprint density at radius 3 is 2.95 bits per heavy atom. The molecule has 0 aliphatic rings. The Morgan fingerprint density at radius 2 is 2.33 bits per heavy atom. The van der Waals surface area contributed by atoms with Gasteiger partial charge in [-0.1, -0.05) is 17.8 Å². The van der Waals surface area contributed by atoms with Gasteiger partial charge in [0.2, 0.25) is 5.16 Å². The highest BCUT2D eigenvalue weighted by Crippen LogP contribution is 2.25. The highest BCUT2D eigenvalue weighted by Gasteiger charge is 2.06. The summed E-state index contributed by atoms with van der Waals surface area (Å²) in [5.41, 5.74) is 1.74. The van der Waals surface area contributed by atoms with Crippen LogP contribution in [0.3, 0.4) is 0 Å². The van der Waals surface area contributed by atoms with Crippen LogP contribution in [0.25, 0.3) is 6.08 Å². The van der Waals surface area contributed by atoms with Gasteiger partial charge in [-0.25, -0.2) is 9.48 Å². The lowest BCUT2D eigenvalue weighted by molar-refractivity contribution is -0.131. The molecule has 0 radical (unpaired) electrons. The minimum atomic E-state index is -0.998. The van der Waals surface area contributed by atoms with Crippen molar-refractivity contribution in [1.82, 2.24) is 20.2 Å². The molecular weight excluding hydrogens is 292 g/mol. The maximum atomic E-state index is 10.6. The van der Waals surface area contributed by atoms with E-state index < -0.39 is 5.97 Å². The van der Waals surface area contributed by atoms with Crippen molar-refractivity contribution in [3.8, 4) is 5.75 Å². The van der Waals surface area contributed by atoms with Gasteiger partial charge in [0, 0.05) is 24.4 Å². The third kappa shape index (κ3) is 4.06. The van der Waals surface area contributed by atoms with E-state index in [9.17, 15) is 4.79 Å². The van der Waals surface area contributed by atoms with Crippen molar-refractivity contribution in [1.29, 1.82) is 0 Å². The summed E-state index contributed by atoms with van der Waals surface area (Å²) < 4.78 is 6.81. The fourth-order valence-corrected chi connectivity index (χ4v) is 2.45. The molecule has 1 aromatic carbocycles. The smallest absolute Gasteiger partial charge is 0.328 e. The average molecular weight is 306 g/mol. The first-order valence-corrected chi connectivity index (χ1v) is 7.02. The molecule has 2 rings (SSSR count). The maximum absolute atomic E-state index is 10.6. The molecule has 0 fully saturated rings. The molecule has 1 heterocycles. The molecule has 0 saturated heterocycles. The van der Waals surface area contributed by atoms with Crippen molar-refractivity contribution in [2.45, 2.75) is 10.9 Å². The van der Waals surface area contributed by atoms with Gasteiger partial charge < -0.3 is 9.84 Å². The van der Waals surface area contributed by atoms with Gasteiger partial charge in [-0.15, -0.1) is 5.10 Å². The van der Waals surface area contributed by atoms with E-state index in [1.54, 1.807) is 18.8 Å². The molecule has 0 aliphatic carbocycles. The maximum Gasteiger partial charge on any atom is 0.328 e. The summed E-state index contributed by atoms with van der Waals surface area (Å²) in [6.45, 7) is 0. The molecule has 2 aromatic rings. The Morgan fingerprint density at radius 1 is 1.52 bits per heavy atom. The number of ether oxygens (including phenoxy) is 1. The highest BCUT2D eigenvalue weighted by atomic mass is 32.2. The first kappa shape index (κ1) is 15.0. The van der Waals surface area contributed by atoms with Crippen LogP contribution in [0.4, 0.5) is 0 Å². The summed E-state index contributed by atoms with van der Waals surface area (Å²) in [5.74, 6) is 0.301. The number of benzene rings is 1. The van der Waals surface area contributed by atoms with Crippen molar-refractivity contribution in [2.24, 2.45) is 7.05 Å². The molecule has 0 unspecified atom stereocenters. The van der Waals surface area contributed by atoms with Crippen molar-refractivity contribution in [3.63, 3.8) is 0 Å². The molecule has 0 saturated carbocycles. The molecule has 0 bridgehead atoms. The molecule has 0 spiro atoms. The number of hydrogen-bond acceptors (Lipinski definition) is 6. The number of methoxy groups -OCH3 is 1. The van der Waals surface area contributed by atoms with Crippen molar-refractivity contribution in [3.05, 3.63) is 35.4 Å². The minimum Gasteiger partial charge on any atom is -0.496 e. The first-order valence-electron chi connectivity index (χ1n) is 6.03. The van der Waals surface area contributed by atoms with Crippen LogP contribution in [-0.4, -0.2) is 38.4 Å². The van der Waals surface area contributed by atoms with Crippen LogP contribution in [0.15, 0.2) is 29.4 Å². The number of hydrogen-bond donors (Lipinski definition) is 1. The second-order valence-corrected chi connectivity index (χ2v) is 5.06. The van der Waals surface area contributed by atoms with Crippen LogP contribution < -0.4 is 4.74 Å². The number of aryl methyl sites for hydroxylation is 1. The monoisotopic (exact) mass is 306 g/mol. The predicted octanol–water partition coefficient (Wildman–Crippen LogP) is 1.61. The number of aromatic nitrogens is 4. The molecule has 1 N–H and O–H groups in total. The largest absolute Gasteiger partial charge is 0.496 e. The van der Waals surface area contributed by atoms with E-state index in [1.165, 1.54) is 17.8 Å². The number of thioether (sulfide) groups is 1. The quantitative estimate of drug-likeness (QED) is 0.640. The Balaban J connectivity index is 2.15. The summed E-state index contributed by atoms with van der Waals surface area (Å²) >= 11 is 1.50. The van der Waals surface area contributed by atoms with Gasteiger partial charge in [0.05, 0.1) is 7.11 Å². The third-order valence-electron chi connectivity index (χ3n) is 2.65. The Labute approximate surface area is 125 Å². The zero-order valence-electron chi connectivity index (χ0n) is 11.6. The fraction of sp³-hybridized carbons (Fsp3) is 0.231. The van der Waals surface area contributed by atoms with E-state index in [4.69, 9.17) is 9.84 Å². The van der Waals surface area contributed by atoms with E-state index >= 15 is 0 Å². The van der Waals surface area contributed by atoms with Crippen molar-refractivity contribution >= 4 is 23.8 Å². The Kier molecular flexibility index (Phi) is 4.94. The van der Waals surface area contributed by atoms with Crippen LogP contribution in [0.2, 0.25) is 0 Å². The van der Waals surface area contributed by atoms with E-state index in [1.807, 2.05) is 18.2 Å². The molecule has 8 heteroatoms. The topological polar surface area (TPSA) is 90.1 Å². The number of carboxylic acid groups (broad SMARTS) is 1. The summed E-state index contributed by atoms with van der Waals surface area (Å²) in [6.07, 6.45) is 2.60. The van der Waals surface area contributed by atoms with E-state index in [-0.39, 0.29) is 0 Å². The van der Waals surface area contributed by atoms with Gasteiger partial charge in [0.15, 0.2) is 0 Å². The molecule has 0 atom stereocenters. The van der Waals surface area contributed by atoms with Gasteiger partial charge in [-0.3, -0.25) is 0 Å². The number of aliphatic carboxylic acids is 1. The second kappa shape index (κ2) is 6.89. The van der Waals surface area contributed by atoms with Gasteiger partial charge in [0.1, 0.15) is 5.75 Å². The molecule has 7 nitrogen and oxygen atoms in total. The predicted molar refractivity (Wildman–Crippen MR) is 78.0 cm³/mol. The number of carboxylic acids is 1. The standard InChI is InChI=1S/C13H14N4O3S/c1-17-13(14-15-16-17)21-8-9-3-5-11(20-2)10(7-9)4-6-12(18)19/h3-7H,8H2,1-2H3,(H,18,19). The van der Waals surface area contributed by atoms with Crippen LogP contribution in [-0.2, 0) is 17.6 Å². The van der Waals surface area contributed by atoms with Gasteiger partial charge in [-0.05, 0) is 34.2 Å². The molecule has 0 amide bonds. The second-order valence-electron chi connectivity index (χ2n) is 4.12. The lowest BCUT2D eigenvalue weighted by Gasteiger charge is -2.07. The van der Waals surface area contributed by atoms with Crippen LogP contribution in [0.1, 0.15) is 11.1 Å². The lowest BCUT2D eigenvalue weighted by atomic mass is 10.1. The Hall–Kier alpha value is -2.35. The van der Waals surface area contributed by atoms with Crippen LogP contribution in [0.5, 0.6) is 5.75 Å². The molecule has 0 aliphatic heterocycles. The van der Waals surface area contributed by atoms with Crippen LogP contribution in [0, 0.1) is 0 Å². The van der Waals surface area contributed by atoms with Crippen LogP contribution >= 0.6 is 11.8 Å².